The zero-order valence-electron chi connectivity index (χ0n) is 9.40. The first kappa shape index (κ1) is 9.40. The minimum Gasteiger partial charge on any atom is -0.438 e. The smallest absolute Gasteiger partial charge is 0.227 e. The first-order chi connectivity index (χ1) is 7.75. The number of benzene rings is 1. The molecule has 0 radical (unpaired) electrons. The van der Waals surface area contributed by atoms with Gasteiger partial charge in [0.15, 0.2) is 0 Å². The molecule has 0 spiro atoms. The first-order valence-electron chi connectivity index (χ1n) is 5.53. The standard InChI is InChI=1S/C14H13NO/c1-9(2)10-5-6-13-12(8-10)11-4-3-7-15-14(11)16-13/h3-9H,1-2H3. The van der Waals surface area contributed by atoms with Crippen LogP contribution in [0.25, 0.3) is 22.1 Å². The van der Waals surface area contributed by atoms with Crippen LogP contribution in [0.3, 0.4) is 0 Å². The number of aromatic nitrogens is 1. The summed E-state index contributed by atoms with van der Waals surface area (Å²) in [6.07, 6.45) is 1.76. The first-order valence-corrected chi connectivity index (χ1v) is 5.53. The Hall–Kier alpha value is -1.83. The van der Waals surface area contributed by atoms with E-state index in [1.165, 1.54) is 5.56 Å². The van der Waals surface area contributed by atoms with E-state index in [1.807, 2.05) is 12.1 Å². The maximum absolute atomic E-state index is 5.68. The Balaban J connectivity index is 2.40. The summed E-state index contributed by atoms with van der Waals surface area (Å²) in [6.45, 7) is 4.39. The minimum absolute atomic E-state index is 0.533. The molecular formula is C14H13NO. The van der Waals surface area contributed by atoms with Crippen LogP contribution in [0.4, 0.5) is 0 Å². The fourth-order valence-corrected chi connectivity index (χ4v) is 1.99. The van der Waals surface area contributed by atoms with Crippen molar-refractivity contribution >= 4 is 22.1 Å². The molecule has 2 aromatic heterocycles. The van der Waals surface area contributed by atoms with Crippen molar-refractivity contribution in [1.82, 2.24) is 4.98 Å². The lowest BCUT2D eigenvalue weighted by Crippen LogP contribution is -1.85. The van der Waals surface area contributed by atoms with E-state index in [0.29, 0.717) is 5.92 Å². The summed E-state index contributed by atoms with van der Waals surface area (Å²) in [5.74, 6) is 0.533. The second kappa shape index (κ2) is 3.34. The zero-order valence-corrected chi connectivity index (χ0v) is 9.40. The summed E-state index contributed by atoms with van der Waals surface area (Å²) in [6, 6.07) is 10.4. The Morgan fingerprint density at radius 3 is 2.81 bits per heavy atom. The van der Waals surface area contributed by atoms with Gasteiger partial charge in [-0.15, -0.1) is 0 Å². The monoisotopic (exact) mass is 211 g/mol. The Morgan fingerprint density at radius 2 is 2.00 bits per heavy atom. The molecule has 0 bridgehead atoms. The minimum atomic E-state index is 0.533. The van der Waals surface area contributed by atoms with Gasteiger partial charge in [-0.05, 0) is 35.7 Å². The number of fused-ring (bicyclic) bond motifs is 3. The summed E-state index contributed by atoms with van der Waals surface area (Å²) in [5.41, 5.74) is 2.97. The van der Waals surface area contributed by atoms with E-state index >= 15 is 0 Å². The molecule has 0 N–H and O–H groups in total. The topological polar surface area (TPSA) is 26.0 Å². The maximum atomic E-state index is 5.68. The largest absolute Gasteiger partial charge is 0.438 e. The number of hydrogen-bond donors (Lipinski definition) is 0. The molecule has 0 saturated carbocycles. The summed E-state index contributed by atoms with van der Waals surface area (Å²) in [7, 11) is 0. The predicted molar refractivity (Wildman–Crippen MR) is 65.6 cm³/mol. The number of furan rings is 1. The van der Waals surface area contributed by atoms with Gasteiger partial charge >= 0.3 is 0 Å². The lowest BCUT2D eigenvalue weighted by molar-refractivity contribution is 0.654. The molecule has 0 amide bonds. The number of pyridine rings is 1. The van der Waals surface area contributed by atoms with Crippen LogP contribution in [0.1, 0.15) is 25.3 Å². The molecule has 80 valence electrons. The van der Waals surface area contributed by atoms with Gasteiger partial charge in [0.05, 0.1) is 0 Å². The molecule has 2 heteroatoms. The third-order valence-electron chi connectivity index (χ3n) is 2.94. The van der Waals surface area contributed by atoms with Crippen LogP contribution in [-0.2, 0) is 0 Å². The molecule has 0 aliphatic rings. The Bertz CT molecular complexity index is 652. The van der Waals surface area contributed by atoms with E-state index < -0.39 is 0 Å². The van der Waals surface area contributed by atoms with E-state index in [-0.39, 0.29) is 0 Å². The van der Waals surface area contributed by atoms with Crippen LogP contribution in [0, 0.1) is 0 Å². The van der Waals surface area contributed by atoms with Gasteiger partial charge in [-0.3, -0.25) is 0 Å². The zero-order chi connectivity index (χ0) is 11.1. The molecule has 2 nitrogen and oxygen atoms in total. The molecule has 16 heavy (non-hydrogen) atoms. The van der Waals surface area contributed by atoms with E-state index in [1.54, 1.807) is 6.20 Å². The van der Waals surface area contributed by atoms with E-state index in [9.17, 15) is 0 Å². The molecule has 0 aliphatic carbocycles. The third kappa shape index (κ3) is 1.30. The average molecular weight is 211 g/mol. The van der Waals surface area contributed by atoms with Gasteiger partial charge in [0.2, 0.25) is 5.71 Å². The van der Waals surface area contributed by atoms with Crippen LogP contribution in [-0.4, -0.2) is 4.98 Å². The van der Waals surface area contributed by atoms with E-state index in [2.05, 4.69) is 37.0 Å². The number of hydrogen-bond acceptors (Lipinski definition) is 2. The Morgan fingerprint density at radius 1 is 1.12 bits per heavy atom. The fraction of sp³-hybridized carbons (Fsp3) is 0.214. The molecule has 0 saturated heterocycles. The van der Waals surface area contributed by atoms with Gasteiger partial charge in [0, 0.05) is 17.0 Å². The van der Waals surface area contributed by atoms with Crippen LogP contribution in [0.2, 0.25) is 0 Å². The molecule has 1 aromatic carbocycles. The summed E-state index contributed by atoms with van der Waals surface area (Å²) in [4.78, 5) is 4.23. The highest BCUT2D eigenvalue weighted by Crippen LogP contribution is 2.29. The van der Waals surface area contributed by atoms with Gasteiger partial charge < -0.3 is 4.42 Å². The highest BCUT2D eigenvalue weighted by molar-refractivity contribution is 6.03. The van der Waals surface area contributed by atoms with Crippen molar-refractivity contribution in [3.05, 3.63) is 42.1 Å². The second-order valence-corrected chi connectivity index (χ2v) is 4.37. The summed E-state index contributed by atoms with van der Waals surface area (Å²) < 4.78 is 5.68. The highest BCUT2D eigenvalue weighted by Gasteiger charge is 2.08. The molecule has 0 fully saturated rings. The normalized spacial score (nSPS) is 11.7. The molecule has 2 heterocycles. The van der Waals surface area contributed by atoms with Gasteiger partial charge in [-0.1, -0.05) is 19.9 Å². The van der Waals surface area contributed by atoms with E-state index in [0.717, 1.165) is 22.1 Å². The van der Waals surface area contributed by atoms with Crippen molar-refractivity contribution < 1.29 is 4.42 Å². The molecule has 0 aliphatic heterocycles. The lowest BCUT2D eigenvalue weighted by Gasteiger charge is -2.03. The molecular weight excluding hydrogens is 198 g/mol. The molecule has 0 unspecified atom stereocenters. The average Bonchev–Trinajstić information content (AvgIpc) is 2.66. The SMILES string of the molecule is CC(C)c1ccc2oc3ncccc3c2c1. The molecule has 3 rings (SSSR count). The quantitative estimate of drug-likeness (QED) is 0.605. The van der Waals surface area contributed by atoms with Crippen molar-refractivity contribution in [2.75, 3.05) is 0 Å². The summed E-state index contributed by atoms with van der Waals surface area (Å²) in [5, 5.41) is 2.26. The van der Waals surface area contributed by atoms with Crippen molar-refractivity contribution in [3.8, 4) is 0 Å². The van der Waals surface area contributed by atoms with Crippen molar-refractivity contribution in [1.29, 1.82) is 0 Å². The van der Waals surface area contributed by atoms with Crippen molar-refractivity contribution in [2.45, 2.75) is 19.8 Å². The third-order valence-corrected chi connectivity index (χ3v) is 2.94. The van der Waals surface area contributed by atoms with Crippen LogP contribution < -0.4 is 0 Å². The Labute approximate surface area is 93.9 Å². The van der Waals surface area contributed by atoms with Gasteiger partial charge in [-0.25, -0.2) is 4.98 Å². The van der Waals surface area contributed by atoms with Crippen LogP contribution >= 0.6 is 0 Å². The van der Waals surface area contributed by atoms with Gasteiger partial charge in [0.25, 0.3) is 0 Å². The number of nitrogens with zero attached hydrogens (tertiary/aromatic N) is 1. The molecule has 3 aromatic rings. The summed E-state index contributed by atoms with van der Waals surface area (Å²) >= 11 is 0. The molecule has 0 atom stereocenters. The van der Waals surface area contributed by atoms with Gasteiger partial charge in [0.1, 0.15) is 5.58 Å². The second-order valence-electron chi connectivity index (χ2n) is 4.37. The maximum Gasteiger partial charge on any atom is 0.227 e. The number of rotatable bonds is 1. The van der Waals surface area contributed by atoms with Crippen molar-refractivity contribution in [3.63, 3.8) is 0 Å². The Kier molecular flexibility index (Phi) is 1.96. The predicted octanol–water partition coefficient (Wildman–Crippen LogP) is 4.10. The lowest BCUT2D eigenvalue weighted by atomic mass is 10.0. The van der Waals surface area contributed by atoms with Gasteiger partial charge in [-0.2, -0.15) is 0 Å². The fourth-order valence-electron chi connectivity index (χ4n) is 1.99. The van der Waals surface area contributed by atoms with Crippen LogP contribution in [0.5, 0.6) is 0 Å². The van der Waals surface area contributed by atoms with Crippen molar-refractivity contribution in [2.24, 2.45) is 0 Å². The highest BCUT2D eigenvalue weighted by atomic mass is 16.3. The van der Waals surface area contributed by atoms with Crippen LogP contribution in [0.15, 0.2) is 40.9 Å². The van der Waals surface area contributed by atoms with E-state index in [4.69, 9.17) is 4.42 Å².